The van der Waals surface area contributed by atoms with E-state index in [4.69, 9.17) is 4.74 Å². The third-order valence-electron chi connectivity index (χ3n) is 5.80. The van der Waals surface area contributed by atoms with Crippen LogP contribution in [0.1, 0.15) is 5.56 Å². The summed E-state index contributed by atoms with van der Waals surface area (Å²) in [5.41, 5.74) is 0.368. The molecule has 0 unspecified atom stereocenters. The Kier molecular flexibility index (Phi) is 6.63. The van der Waals surface area contributed by atoms with Crippen molar-refractivity contribution in [2.75, 3.05) is 5.32 Å². The van der Waals surface area contributed by atoms with Crippen LogP contribution in [-0.2, 0) is 17.9 Å². The Morgan fingerprint density at radius 2 is 1.41 bits per heavy atom. The molecule has 0 aliphatic heterocycles. The average Bonchev–Trinajstić information content (AvgIpc) is 2.92. The fourth-order valence-corrected chi connectivity index (χ4v) is 4.01. The highest BCUT2D eigenvalue weighted by Gasteiger charge is 2.16. The fraction of sp³-hybridized carbons (Fsp3) is 0.0690. The number of carbonyl (C=O) groups is 1. The number of aromatic nitrogens is 2. The molecule has 8 heteroatoms. The molecule has 0 bridgehead atoms. The normalized spacial score (nSPS) is 10.8. The van der Waals surface area contributed by atoms with Gasteiger partial charge in [-0.25, -0.2) is 9.18 Å². The summed E-state index contributed by atoms with van der Waals surface area (Å²) in [6.07, 6.45) is 0. The molecule has 0 aliphatic rings. The highest BCUT2D eigenvalue weighted by Crippen LogP contribution is 2.22. The summed E-state index contributed by atoms with van der Waals surface area (Å²) in [5, 5.41) is 3.09. The van der Waals surface area contributed by atoms with Gasteiger partial charge in [0.2, 0.25) is 5.91 Å². The van der Waals surface area contributed by atoms with Crippen molar-refractivity contribution in [1.82, 2.24) is 9.13 Å². The number of carbonyl (C=O) groups excluding carboxylic acids is 1. The molecule has 0 aliphatic carbocycles. The second kappa shape index (κ2) is 10.3. The first-order valence-electron chi connectivity index (χ1n) is 11.6. The molecule has 0 fully saturated rings. The minimum absolute atomic E-state index is 0.0483. The summed E-state index contributed by atoms with van der Waals surface area (Å²) in [7, 11) is 0. The van der Waals surface area contributed by atoms with Crippen LogP contribution in [-0.4, -0.2) is 15.0 Å². The fourth-order valence-electron chi connectivity index (χ4n) is 4.01. The number of hydrogen-bond acceptors (Lipinski definition) is 4. The van der Waals surface area contributed by atoms with Crippen molar-refractivity contribution in [3.8, 4) is 11.5 Å². The molecule has 1 heterocycles. The quantitative estimate of drug-likeness (QED) is 0.352. The number of halogens is 1. The highest BCUT2D eigenvalue weighted by atomic mass is 19.1. The van der Waals surface area contributed by atoms with E-state index in [1.807, 2.05) is 30.3 Å². The maximum absolute atomic E-state index is 13.3. The van der Waals surface area contributed by atoms with Gasteiger partial charge < -0.3 is 10.1 Å². The smallest absolute Gasteiger partial charge is 0.332 e. The first kappa shape index (κ1) is 23.7. The monoisotopic (exact) mass is 495 g/mol. The SMILES string of the molecule is O=C(Cn1c(=O)n(Cc2ccc(F)cc2)c(=O)c2ccccc21)Nc1ccc(Oc2ccccc2)cc1. The molecule has 4 aromatic carbocycles. The highest BCUT2D eigenvalue weighted by molar-refractivity contribution is 5.91. The number of nitrogens with one attached hydrogen (secondary N) is 1. The lowest BCUT2D eigenvalue weighted by Crippen LogP contribution is -2.42. The lowest BCUT2D eigenvalue weighted by Gasteiger charge is -2.14. The first-order chi connectivity index (χ1) is 18.0. The summed E-state index contributed by atoms with van der Waals surface area (Å²) in [6, 6.07) is 28.4. The molecule has 5 aromatic rings. The molecule has 184 valence electrons. The van der Waals surface area contributed by atoms with Gasteiger partial charge in [0, 0.05) is 5.69 Å². The van der Waals surface area contributed by atoms with Crippen LogP contribution in [0.3, 0.4) is 0 Å². The van der Waals surface area contributed by atoms with Crippen molar-refractivity contribution in [3.05, 3.63) is 135 Å². The Hall–Kier alpha value is -4.98. The van der Waals surface area contributed by atoms with Gasteiger partial charge in [-0.2, -0.15) is 0 Å². The molecule has 1 amide bonds. The second-order valence-corrected chi connectivity index (χ2v) is 8.39. The Balaban J connectivity index is 1.39. The average molecular weight is 496 g/mol. The Bertz CT molecular complexity index is 1680. The zero-order valence-electron chi connectivity index (χ0n) is 19.6. The van der Waals surface area contributed by atoms with Gasteiger partial charge in [-0.05, 0) is 66.2 Å². The van der Waals surface area contributed by atoms with Crippen LogP contribution in [0.4, 0.5) is 10.1 Å². The lowest BCUT2D eigenvalue weighted by atomic mass is 10.2. The van der Waals surface area contributed by atoms with Crippen molar-refractivity contribution in [2.24, 2.45) is 0 Å². The first-order valence-corrected chi connectivity index (χ1v) is 11.6. The molecule has 37 heavy (non-hydrogen) atoms. The van der Waals surface area contributed by atoms with Gasteiger partial charge in [-0.3, -0.25) is 18.7 Å². The van der Waals surface area contributed by atoms with E-state index >= 15 is 0 Å². The molecule has 0 radical (unpaired) electrons. The van der Waals surface area contributed by atoms with Gasteiger partial charge in [-0.1, -0.05) is 42.5 Å². The van der Waals surface area contributed by atoms with Crippen LogP contribution in [0.5, 0.6) is 11.5 Å². The summed E-state index contributed by atoms with van der Waals surface area (Å²) in [5.74, 6) is 0.458. The van der Waals surface area contributed by atoms with E-state index < -0.39 is 23.0 Å². The lowest BCUT2D eigenvalue weighted by molar-refractivity contribution is -0.116. The maximum atomic E-state index is 13.3. The van der Waals surface area contributed by atoms with Gasteiger partial charge in [0.15, 0.2) is 0 Å². The van der Waals surface area contributed by atoms with Gasteiger partial charge in [0.25, 0.3) is 5.56 Å². The van der Waals surface area contributed by atoms with Crippen LogP contribution in [0.15, 0.2) is 113 Å². The number of benzene rings is 4. The molecule has 0 saturated heterocycles. The second-order valence-electron chi connectivity index (χ2n) is 8.39. The van der Waals surface area contributed by atoms with E-state index in [0.29, 0.717) is 33.7 Å². The molecular formula is C29H22FN3O4. The van der Waals surface area contributed by atoms with Crippen molar-refractivity contribution >= 4 is 22.5 Å². The number of rotatable bonds is 7. The molecule has 7 nitrogen and oxygen atoms in total. The van der Waals surface area contributed by atoms with E-state index in [2.05, 4.69) is 5.32 Å². The van der Waals surface area contributed by atoms with Crippen molar-refractivity contribution in [2.45, 2.75) is 13.1 Å². The molecule has 0 saturated carbocycles. The van der Waals surface area contributed by atoms with E-state index in [1.165, 1.54) is 28.8 Å². The number of para-hydroxylation sites is 2. The number of anilines is 1. The van der Waals surface area contributed by atoms with E-state index in [9.17, 15) is 18.8 Å². The molecule has 1 aromatic heterocycles. The van der Waals surface area contributed by atoms with E-state index in [0.717, 1.165) is 4.57 Å². The number of ether oxygens (including phenoxy) is 1. The number of nitrogens with zero attached hydrogens (tertiary/aromatic N) is 2. The Labute approximate surface area is 211 Å². The van der Waals surface area contributed by atoms with E-state index in [-0.39, 0.29) is 13.1 Å². The zero-order chi connectivity index (χ0) is 25.8. The summed E-state index contributed by atoms with van der Waals surface area (Å²) < 4.78 is 21.4. The number of amides is 1. The molecule has 0 atom stereocenters. The van der Waals surface area contributed by atoms with Crippen LogP contribution >= 0.6 is 0 Å². The Morgan fingerprint density at radius 1 is 0.757 bits per heavy atom. The Morgan fingerprint density at radius 3 is 2.14 bits per heavy atom. The summed E-state index contributed by atoms with van der Waals surface area (Å²) in [6.45, 7) is -0.349. The van der Waals surface area contributed by atoms with Crippen molar-refractivity contribution in [1.29, 1.82) is 0 Å². The molecule has 0 spiro atoms. The minimum Gasteiger partial charge on any atom is -0.457 e. The van der Waals surface area contributed by atoms with E-state index in [1.54, 1.807) is 48.5 Å². The molecule has 5 rings (SSSR count). The standard InChI is InChI=1S/C29H22FN3O4/c30-21-12-10-20(11-13-21)18-33-28(35)25-8-4-5-9-26(25)32(29(33)36)19-27(34)31-22-14-16-24(17-15-22)37-23-6-2-1-3-7-23/h1-17H,18-19H2,(H,31,34). The third kappa shape index (κ3) is 5.33. The molecular weight excluding hydrogens is 473 g/mol. The maximum Gasteiger partial charge on any atom is 0.332 e. The van der Waals surface area contributed by atoms with Gasteiger partial charge in [-0.15, -0.1) is 0 Å². The summed E-state index contributed by atoms with van der Waals surface area (Å²) in [4.78, 5) is 39.3. The van der Waals surface area contributed by atoms with Gasteiger partial charge >= 0.3 is 5.69 Å². The van der Waals surface area contributed by atoms with Crippen LogP contribution < -0.4 is 21.3 Å². The number of hydrogen-bond donors (Lipinski definition) is 1. The van der Waals surface area contributed by atoms with Gasteiger partial charge in [0.1, 0.15) is 23.9 Å². The predicted octanol–water partition coefficient (Wildman–Crippen LogP) is 4.78. The summed E-state index contributed by atoms with van der Waals surface area (Å²) >= 11 is 0. The zero-order valence-corrected chi connectivity index (χ0v) is 19.6. The van der Waals surface area contributed by atoms with Crippen molar-refractivity contribution in [3.63, 3.8) is 0 Å². The van der Waals surface area contributed by atoms with Crippen LogP contribution in [0.2, 0.25) is 0 Å². The van der Waals surface area contributed by atoms with Crippen LogP contribution in [0, 0.1) is 5.82 Å². The number of fused-ring (bicyclic) bond motifs is 1. The van der Waals surface area contributed by atoms with Crippen molar-refractivity contribution < 1.29 is 13.9 Å². The predicted molar refractivity (Wildman–Crippen MR) is 140 cm³/mol. The van der Waals surface area contributed by atoms with Crippen LogP contribution in [0.25, 0.3) is 10.9 Å². The molecule has 1 N–H and O–H groups in total. The third-order valence-corrected chi connectivity index (χ3v) is 5.80. The topological polar surface area (TPSA) is 82.3 Å². The minimum atomic E-state index is -0.630. The van der Waals surface area contributed by atoms with Gasteiger partial charge in [0.05, 0.1) is 17.4 Å². The largest absolute Gasteiger partial charge is 0.457 e.